The molecule has 0 radical (unpaired) electrons. The molecule has 200 valence electrons. The lowest BCUT2D eigenvalue weighted by Gasteiger charge is -2.34. The lowest BCUT2D eigenvalue weighted by atomic mass is 9.84. The summed E-state index contributed by atoms with van der Waals surface area (Å²) >= 11 is 0. The van der Waals surface area contributed by atoms with E-state index in [9.17, 15) is 5.26 Å². The van der Waals surface area contributed by atoms with Gasteiger partial charge < -0.3 is 14.5 Å². The number of nitriles is 1. The average molecular weight is 534 g/mol. The average Bonchev–Trinajstić information content (AvgIpc) is 3.68. The number of benzene rings is 3. The van der Waals surface area contributed by atoms with E-state index >= 15 is 0 Å². The molecular weight excluding hydrogens is 502 g/mol. The largest absolute Gasteiger partial charge is 0.461 e. The van der Waals surface area contributed by atoms with Gasteiger partial charge in [-0.1, -0.05) is 42.5 Å². The van der Waals surface area contributed by atoms with E-state index in [0.717, 1.165) is 42.8 Å². The van der Waals surface area contributed by atoms with Crippen LogP contribution in [0.2, 0.25) is 0 Å². The number of anilines is 3. The maximum absolute atomic E-state index is 9.54. The minimum atomic E-state index is 0.148. The minimum Gasteiger partial charge on any atom is -0.461 e. The van der Waals surface area contributed by atoms with E-state index in [4.69, 9.17) is 4.74 Å². The Morgan fingerprint density at radius 2 is 1.76 bits per heavy atom. The smallest absolute Gasteiger partial charge is 0.130 e. The summed E-state index contributed by atoms with van der Waals surface area (Å²) in [5, 5.41) is 9.54. The highest BCUT2D eigenvalue weighted by Crippen LogP contribution is 2.58. The Morgan fingerprint density at radius 3 is 2.71 bits per heavy atom. The van der Waals surface area contributed by atoms with Crippen LogP contribution >= 0.6 is 0 Å². The molecule has 3 aliphatic carbocycles. The second kappa shape index (κ2) is 8.75. The van der Waals surface area contributed by atoms with Crippen LogP contribution in [0.1, 0.15) is 78.5 Å². The number of para-hydroxylation sites is 1. The molecule has 0 spiro atoms. The minimum absolute atomic E-state index is 0.148. The Bertz CT molecular complexity index is 1790. The van der Waals surface area contributed by atoms with Crippen LogP contribution in [0.5, 0.6) is 5.75 Å². The predicted molar refractivity (Wildman–Crippen MR) is 162 cm³/mol. The number of nitrogens with zero attached hydrogens (tertiary/aromatic N) is 3. The van der Waals surface area contributed by atoms with Gasteiger partial charge in [0.15, 0.2) is 0 Å². The van der Waals surface area contributed by atoms with Gasteiger partial charge in [0, 0.05) is 52.2 Å². The normalized spacial score (nSPS) is 26.4. The summed E-state index contributed by atoms with van der Waals surface area (Å²) in [4.78, 5) is 5.22. The lowest BCUT2D eigenvalue weighted by Crippen LogP contribution is -2.34. The van der Waals surface area contributed by atoms with Crippen molar-refractivity contribution in [1.82, 2.24) is 0 Å². The maximum atomic E-state index is 9.54. The van der Waals surface area contributed by atoms with Gasteiger partial charge in [0.1, 0.15) is 11.5 Å². The van der Waals surface area contributed by atoms with E-state index in [-0.39, 0.29) is 5.92 Å². The summed E-state index contributed by atoms with van der Waals surface area (Å²) in [5.74, 6) is 2.98. The zero-order valence-electron chi connectivity index (χ0n) is 23.0. The Hall–Kier alpha value is -4.49. The molecule has 9 rings (SSSR count). The van der Waals surface area contributed by atoms with Gasteiger partial charge in [0.2, 0.25) is 0 Å². The number of fused-ring (bicyclic) bond motifs is 9. The van der Waals surface area contributed by atoms with Gasteiger partial charge in [-0.2, -0.15) is 5.26 Å². The molecule has 0 aromatic heterocycles. The van der Waals surface area contributed by atoms with Gasteiger partial charge >= 0.3 is 0 Å². The van der Waals surface area contributed by atoms with Crippen LogP contribution in [-0.4, -0.2) is 6.04 Å². The van der Waals surface area contributed by atoms with Gasteiger partial charge in [-0.25, -0.2) is 0 Å². The molecule has 4 heteroatoms. The Morgan fingerprint density at radius 1 is 0.854 bits per heavy atom. The first-order valence-electron chi connectivity index (χ1n) is 15.1. The summed E-state index contributed by atoms with van der Waals surface area (Å²) in [6.45, 7) is 0. The van der Waals surface area contributed by atoms with Crippen LogP contribution < -0.4 is 14.5 Å². The maximum Gasteiger partial charge on any atom is 0.130 e. The molecule has 3 aromatic carbocycles. The molecule has 3 aliphatic heterocycles. The van der Waals surface area contributed by atoms with Crippen molar-refractivity contribution >= 4 is 17.1 Å². The lowest BCUT2D eigenvalue weighted by molar-refractivity contribution is 0.421. The first kappa shape index (κ1) is 23.2. The molecule has 0 amide bonds. The fraction of sp³-hybridized carbons (Fsp3) is 0.270. The topological polar surface area (TPSA) is 39.5 Å². The SMILES string of the molecule is N#Cc1ccc2c(c1)C1CC(N3c4cccc(N5C6=CCCCC6c6ccccc65)c4C4CCC=CC43)=CC=C1O2. The Labute approximate surface area is 241 Å². The second-order valence-corrected chi connectivity index (χ2v) is 12.1. The molecule has 3 aromatic rings. The van der Waals surface area contributed by atoms with E-state index in [2.05, 4.69) is 88.7 Å². The Balaban J connectivity index is 1.17. The van der Waals surface area contributed by atoms with Gasteiger partial charge in [-0.3, -0.25) is 0 Å². The van der Waals surface area contributed by atoms with Crippen LogP contribution in [0.15, 0.2) is 108 Å². The molecule has 41 heavy (non-hydrogen) atoms. The third kappa shape index (κ3) is 3.27. The van der Waals surface area contributed by atoms with Crippen LogP contribution in [-0.2, 0) is 0 Å². The first-order chi connectivity index (χ1) is 20.3. The molecule has 0 fully saturated rings. The van der Waals surface area contributed by atoms with Crippen LogP contribution in [0.25, 0.3) is 0 Å². The molecular formula is C37H31N3O. The van der Waals surface area contributed by atoms with Crippen LogP contribution in [0.4, 0.5) is 17.1 Å². The van der Waals surface area contributed by atoms with E-state index in [1.807, 2.05) is 18.2 Å². The standard InChI is InChI=1S/C37H31N3O/c38-22-23-16-18-35-28(20-23)29-21-24(17-19-36(29)41-35)39-32-13-6-3-10-27(32)37-33(39)14-7-15-34(37)40-30-11-4-1-8-25(30)26-9-2-5-12-31(26)40/h1,4,6-8,11-20,26-27,29,32H,2-3,5,9-10,21H2. The van der Waals surface area contributed by atoms with Crippen molar-refractivity contribution in [3.63, 3.8) is 0 Å². The number of ether oxygens (including phenoxy) is 1. The van der Waals surface area contributed by atoms with Crippen molar-refractivity contribution in [3.05, 3.63) is 130 Å². The summed E-state index contributed by atoms with van der Waals surface area (Å²) in [6, 6.07) is 24.5. The number of rotatable bonds is 2. The highest BCUT2D eigenvalue weighted by molar-refractivity contribution is 5.86. The van der Waals surface area contributed by atoms with E-state index < -0.39 is 0 Å². The van der Waals surface area contributed by atoms with Crippen molar-refractivity contribution in [3.8, 4) is 11.8 Å². The third-order valence-corrected chi connectivity index (χ3v) is 10.1. The molecule has 4 atom stereocenters. The molecule has 4 unspecified atom stereocenters. The van der Waals surface area contributed by atoms with E-state index in [0.29, 0.717) is 23.4 Å². The molecule has 3 heterocycles. The van der Waals surface area contributed by atoms with Crippen molar-refractivity contribution in [1.29, 1.82) is 5.26 Å². The van der Waals surface area contributed by atoms with Crippen molar-refractivity contribution in [2.45, 2.75) is 62.3 Å². The molecule has 0 N–H and O–H groups in total. The zero-order chi connectivity index (χ0) is 27.1. The summed E-state index contributed by atoms with van der Waals surface area (Å²) in [7, 11) is 0. The molecule has 4 nitrogen and oxygen atoms in total. The van der Waals surface area contributed by atoms with Gasteiger partial charge in [-0.15, -0.1) is 0 Å². The molecule has 0 saturated heterocycles. The van der Waals surface area contributed by atoms with E-state index in [1.165, 1.54) is 52.4 Å². The van der Waals surface area contributed by atoms with Gasteiger partial charge in [0.05, 0.1) is 29.3 Å². The third-order valence-electron chi connectivity index (χ3n) is 10.1. The monoisotopic (exact) mass is 533 g/mol. The predicted octanol–water partition coefficient (Wildman–Crippen LogP) is 8.83. The van der Waals surface area contributed by atoms with Crippen LogP contribution in [0, 0.1) is 11.3 Å². The second-order valence-electron chi connectivity index (χ2n) is 12.1. The highest BCUT2D eigenvalue weighted by atomic mass is 16.5. The fourth-order valence-corrected chi connectivity index (χ4v) is 8.38. The quantitative estimate of drug-likeness (QED) is 0.309. The summed E-state index contributed by atoms with van der Waals surface area (Å²) < 4.78 is 6.23. The molecule has 0 saturated carbocycles. The number of hydrogen-bond donors (Lipinski definition) is 0. The summed E-state index contributed by atoms with van der Waals surface area (Å²) in [6.07, 6.45) is 18.6. The van der Waals surface area contributed by atoms with Crippen molar-refractivity contribution in [2.75, 3.05) is 9.80 Å². The van der Waals surface area contributed by atoms with Gasteiger partial charge in [-0.05, 0) is 86.2 Å². The zero-order valence-corrected chi connectivity index (χ0v) is 23.0. The number of hydrogen-bond acceptors (Lipinski definition) is 4. The number of allylic oxidation sites excluding steroid dienone is 7. The van der Waals surface area contributed by atoms with Crippen LogP contribution in [0.3, 0.4) is 0 Å². The molecule has 0 bridgehead atoms. The first-order valence-corrected chi connectivity index (χ1v) is 15.1. The van der Waals surface area contributed by atoms with Crippen molar-refractivity contribution < 1.29 is 4.74 Å². The Kier molecular flexibility index (Phi) is 4.96. The highest BCUT2D eigenvalue weighted by Gasteiger charge is 2.45. The van der Waals surface area contributed by atoms with E-state index in [1.54, 1.807) is 0 Å². The molecule has 6 aliphatic rings. The van der Waals surface area contributed by atoms with Gasteiger partial charge in [0.25, 0.3) is 0 Å². The fourth-order valence-electron chi connectivity index (χ4n) is 8.38. The van der Waals surface area contributed by atoms with Crippen molar-refractivity contribution in [2.24, 2.45) is 0 Å². The summed E-state index contributed by atoms with van der Waals surface area (Å²) in [5.41, 5.74) is 11.7.